The van der Waals surface area contributed by atoms with Gasteiger partial charge in [-0.05, 0) is 66.9 Å². The number of hydrogen-bond donors (Lipinski definition) is 1. The van der Waals surface area contributed by atoms with Crippen LogP contribution in [-0.2, 0) is 34.4 Å². The van der Waals surface area contributed by atoms with Crippen molar-refractivity contribution in [1.82, 2.24) is 0 Å². The first kappa shape index (κ1) is 46.3. The van der Waals surface area contributed by atoms with Crippen LogP contribution in [0.25, 0.3) is 0 Å². The SMILES string of the molecule is C=C[C@@H](COCOCC[Si](C)(C)C)[C@@H](O)[C@H](CO[Si](C)(C)C(C)(C)C)[C@H](O[Si](C)(C)C(C)(C)C)[C@]1(C)O[C@@H]1[C@@H](C)COCc1ccc(OC)cc1. The molecule has 1 saturated heterocycles. The quantitative estimate of drug-likeness (QED) is 0.0388. The van der Waals surface area contributed by atoms with Crippen molar-refractivity contribution in [1.29, 1.82) is 0 Å². The number of methoxy groups -OCH3 is 1. The van der Waals surface area contributed by atoms with E-state index >= 15 is 0 Å². The van der Waals surface area contributed by atoms with E-state index in [0.29, 0.717) is 26.4 Å². The van der Waals surface area contributed by atoms with Gasteiger partial charge in [0.15, 0.2) is 16.6 Å². The molecule has 11 heteroatoms. The lowest BCUT2D eigenvalue weighted by Gasteiger charge is -2.46. The average Bonchev–Trinajstić information content (AvgIpc) is 3.71. The minimum Gasteiger partial charge on any atom is -0.497 e. The van der Waals surface area contributed by atoms with Crippen LogP contribution in [0.1, 0.15) is 61.0 Å². The third-order valence-electron chi connectivity index (χ3n) is 11.5. The van der Waals surface area contributed by atoms with Gasteiger partial charge in [-0.1, -0.05) is 86.3 Å². The molecular formula is C40H76O8Si3. The zero-order valence-electron chi connectivity index (χ0n) is 35.3. The Labute approximate surface area is 315 Å². The summed E-state index contributed by atoms with van der Waals surface area (Å²) >= 11 is 0. The Bertz CT molecular complexity index is 1190. The molecule has 2 rings (SSSR count). The van der Waals surface area contributed by atoms with Crippen LogP contribution in [0.4, 0.5) is 0 Å². The van der Waals surface area contributed by atoms with E-state index in [1.807, 2.05) is 24.3 Å². The Morgan fingerprint density at radius 1 is 0.882 bits per heavy atom. The normalized spacial score (nSPS) is 21.9. The van der Waals surface area contributed by atoms with Crippen molar-refractivity contribution in [2.24, 2.45) is 17.8 Å². The van der Waals surface area contributed by atoms with E-state index in [9.17, 15) is 5.11 Å². The zero-order valence-corrected chi connectivity index (χ0v) is 38.3. The Morgan fingerprint density at radius 2 is 1.47 bits per heavy atom. The fraction of sp³-hybridized carbons (Fsp3) is 0.800. The van der Waals surface area contributed by atoms with E-state index in [4.69, 9.17) is 32.5 Å². The Morgan fingerprint density at radius 3 is 1.98 bits per heavy atom. The fourth-order valence-corrected chi connectivity index (χ4v) is 8.83. The van der Waals surface area contributed by atoms with Gasteiger partial charge in [0.25, 0.3) is 0 Å². The van der Waals surface area contributed by atoms with Gasteiger partial charge in [0.1, 0.15) is 18.1 Å². The standard InChI is InChI=1S/C40H76O8Si3/c1-18-32(27-45-29-43-23-24-49(11,12)13)35(41)34(28-46-50(14,15)38(3,4)5)37(48-51(16,17)39(6,7)8)40(9)36(47-40)30(2)25-44-26-31-19-21-33(42-10)22-20-31/h18-22,30,32,34-37,41H,1,23-29H2,2-17H3/t30-,32-,34-,35+,36+,37-,40+/m0/s1. The molecule has 7 atom stereocenters. The molecule has 0 bridgehead atoms. The summed E-state index contributed by atoms with van der Waals surface area (Å²) in [6.45, 7) is 40.5. The second-order valence-electron chi connectivity index (χ2n) is 19.2. The molecule has 0 unspecified atom stereocenters. The van der Waals surface area contributed by atoms with Gasteiger partial charge in [0.2, 0.25) is 0 Å². The highest BCUT2D eigenvalue weighted by atomic mass is 28.4. The number of ether oxygens (including phenoxy) is 5. The summed E-state index contributed by atoms with van der Waals surface area (Å²) in [6, 6.07) is 9.03. The second-order valence-corrected chi connectivity index (χ2v) is 34.4. The van der Waals surface area contributed by atoms with E-state index in [1.54, 1.807) is 13.2 Å². The molecule has 0 radical (unpaired) electrons. The van der Waals surface area contributed by atoms with Gasteiger partial charge in [-0.25, -0.2) is 0 Å². The van der Waals surface area contributed by atoms with Gasteiger partial charge >= 0.3 is 0 Å². The van der Waals surface area contributed by atoms with Crippen molar-refractivity contribution in [3.8, 4) is 5.75 Å². The highest BCUT2D eigenvalue weighted by Gasteiger charge is 2.64. The van der Waals surface area contributed by atoms with Crippen LogP contribution in [0.5, 0.6) is 5.75 Å². The van der Waals surface area contributed by atoms with E-state index < -0.39 is 48.4 Å². The van der Waals surface area contributed by atoms with Crippen molar-refractivity contribution in [2.75, 3.05) is 40.3 Å². The van der Waals surface area contributed by atoms with Gasteiger partial charge in [0.05, 0.1) is 45.2 Å². The number of benzene rings is 1. The van der Waals surface area contributed by atoms with E-state index in [0.717, 1.165) is 17.4 Å². The van der Waals surface area contributed by atoms with Crippen LogP contribution < -0.4 is 4.74 Å². The number of aliphatic hydroxyl groups excluding tert-OH is 1. The Hall–Kier alpha value is -0.869. The topological polar surface area (TPSA) is 88.1 Å². The van der Waals surface area contributed by atoms with Crippen LogP contribution >= 0.6 is 0 Å². The smallest absolute Gasteiger partial charge is 0.192 e. The molecule has 0 spiro atoms. The second kappa shape index (κ2) is 18.6. The summed E-state index contributed by atoms with van der Waals surface area (Å²) in [4.78, 5) is 0. The fourth-order valence-electron chi connectivity index (χ4n) is 5.64. The molecule has 0 aromatic heterocycles. The molecular weight excluding hydrogens is 693 g/mol. The Balaban J connectivity index is 2.38. The van der Waals surface area contributed by atoms with Crippen LogP contribution in [0, 0.1) is 17.8 Å². The number of epoxide rings is 1. The summed E-state index contributed by atoms with van der Waals surface area (Å²) < 4.78 is 44.3. The average molecular weight is 769 g/mol. The maximum absolute atomic E-state index is 12.4. The number of hydrogen-bond acceptors (Lipinski definition) is 8. The third-order valence-corrected chi connectivity index (χ3v) is 22.2. The van der Waals surface area contributed by atoms with Crippen LogP contribution in [0.2, 0.25) is 61.9 Å². The lowest BCUT2D eigenvalue weighted by atomic mass is 9.80. The number of aliphatic hydroxyl groups is 1. The van der Waals surface area contributed by atoms with E-state index in [-0.39, 0.29) is 41.4 Å². The first-order valence-electron chi connectivity index (χ1n) is 19.0. The minimum absolute atomic E-state index is 0.00470. The molecule has 51 heavy (non-hydrogen) atoms. The third kappa shape index (κ3) is 13.7. The summed E-state index contributed by atoms with van der Waals surface area (Å²) in [5, 5.41) is 12.3. The summed E-state index contributed by atoms with van der Waals surface area (Å²) in [5.74, 6) is 0.183. The van der Waals surface area contributed by atoms with Gasteiger partial charge in [-0.2, -0.15) is 0 Å². The maximum atomic E-state index is 12.4. The highest BCUT2D eigenvalue weighted by molar-refractivity contribution is 6.76. The molecule has 1 aromatic carbocycles. The molecule has 1 aliphatic heterocycles. The summed E-state index contributed by atoms with van der Waals surface area (Å²) in [5.41, 5.74) is 0.444. The van der Waals surface area contributed by atoms with Crippen molar-refractivity contribution >= 4 is 24.7 Å². The molecule has 0 saturated carbocycles. The van der Waals surface area contributed by atoms with Crippen LogP contribution in [0.15, 0.2) is 36.9 Å². The largest absolute Gasteiger partial charge is 0.497 e. The summed E-state index contributed by atoms with van der Waals surface area (Å²) in [7, 11) is -4.07. The van der Waals surface area contributed by atoms with Crippen molar-refractivity contribution < 1.29 is 37.6 Å². The first-order chi connectivity index (χ1) is 23.3. The molecule has 0 aliphatic carbocycles. The van der Waals surface area contributed by atoms with Crippen LogP contribution in [0.3, 0.4) is 0 Å². The van der Waals surface area contributed by atoms with Crippen molar-refractivity contribution in [2.45, 2.75) is 148 Å². The maximum Gasteiger partial charge on any atom is 0.192 e. The van der Waals surface area contributed by atoms with E-state index in [1.165, 1.54) is 0 Å². The summed E-state index contributed by atoms with van der Waals surface area (Å²) in [6.07, 6.45) is 0.428. The monoisotopic (exact) mass is 768 g/mol. The molecule has 8 nitrogen and oxygen atoms in total. The predicted molar refractivity (Wildman–Crippen MR) is 218 cm³/mol. The molecule has 1 fully saturated rings. The molecule has 1 aromatic rings. The molecule has 296 valence electrons. The molecule has 1 aliphatic rings. The van der Waals surface area contributed by atoms with Gasteiger partial charge < -0.3 is 37.6 Å². The van der Waals surface area contributed by atoms with Gasteiger partial charge in [-0.3, -0.25) is 0 Å². The predicted octanol–water partition coefficient (Wildman–Crippen LogP) is 9.53. The van der Waals surface area contributed by atoms with Crippen molar-refractivity contribution in [3.63, 3.8) is 0 Å². The van der Waals surface area contributed by atoms with Gasteiger partial charge in [-0.15, -0.1) is 6.58 Å². The highest BCUT2D eigenvalue weighted by Crippen LogP contribution is 2.51. The van der Waals surface area contributed by atoms with Crippen molar-refractivity contribution in [3.05, 3.63) is 42.5 Å². The van der Waals surface area contributed by atoms with Crippen LogP contribution in [-0.4, -0.2) is 94.1 Å². The van der Waals surface area contributed by atoms with Gasteiger partial charge in [0, 0.05) is 39.0 Å². The molecule has 1 heterocycles. The lowest BCUT2D eigenvalue weighted by molar-refractivity contribution is -0.0925. The van der Waals surface area contributed by atoms with E-state index in [2.05, 4.69) is 108 Å². The number of rotatable bonds is 23. The minimum atomic E-state index is -2.35. The molecule has 0 amide bonds. The Kier molecular flexibility index (Phi) is 16.9. The lowest BCUT2D eigenvalue weighted by Crippen LogP contribution is -2.56. The first-order valence-corrected chi connectivity index (χ1v) is 28.5. The zero-order chi connectivity index (χ0) is 39.1. The molecule has 1 N–H and O–H groups in total.